The van der Waals surface area contributed by atoms with Crippen LogP contribution in [0.3, 0.4) is 0 Å². The molecule has 0 saturated heterocycles. The van der Waals surface area contributed by atoms with Crippen molar-refractivity contribution in [1.82, 2.24) is 4.72 Å². The molecule has 8 nitrogen and oxygen atoms in total. The number of fused-ring (bicyclic) bond motifs is 1. The Hall–Kier alpha value is -3.56. The van der Waals surface area contributed by atoms with E-state index < -0.39 is 27.0 Å². The number of methoxy groups -OCH3 is 1. The van der Waals surface area contributed by atoms with Gasteiger partial charge in [-0.3, -0.25) is 10.1 Å². The Labute approximate surface area is 173 Å². The molecule has 0 bridgehead atoms. The zero-order valence-corrected chi connectivity index (χ0v) is 16.8. The van der Waals surface area contributed by atoms with E-state index >= 15 is 0 Å². The van der Waals surface area contributed by atoms with Crippen molar-refractivity contribution in [3.8, 4) is 0 Å². The summed E-state index contributed by atoms with van der Waals surface area (Å²) in [7, 11) is -2.97. The molecule has 30 heavy (non-hydrogen) atoms. The number of esters is 1. The number of nitrogens with zero attached hydrogens (tertiary/aromatic N) is 1. The summed E-state index contributed by atoms with van der Waals surface area (Å²) in [6, 6.07) is 16.0. The number of carbonyl (C=O) groups excluding carboxylic acids is 1. The Morgan fingerprint density at radius 1 is 1.07 bits per heavy atom. The van der Waals surface area contributed by atoms with E-state index in [2.05, 4.69) is 11.3 Å². The highest BCUT2D eigenvalue weighted by Crippen LogP contribution is 2.30. The van der Waals surface area contributed by atoms with E-state index in [4.69, 9.17) is 4.74 Å². The second kappa shape index (κ2) is 8.44. The molecule has 0 aliphatic rings. The van der Waals surface area contributed by atoms with Gasteiger partial charge in [-0.2, -0.15) is 4.72 Å². The Kier molecular flexibility index (Phi) is 5.95. The van der Waals surface area contributed by atoms with Gasteiger partial charge in [-0.1, -0.05) is 49.0 Å². The monoisotopic (exact) mass is 426 g/mol. The predicted octanol–water partition coefficient (Wildman–Crippen LogP) is 3.50. The fourth-order valence-corrected chi connectivity index (χ4v) is 4.25. The van der Waals surface area contributed by atoms with E-state index in [1.807, 2.05) is 24.3 Å². The minimum Gasteiger partial charge on any atom is -0.466 e. The molecule has 0 aliphatic carbocycles. The molecule has 1 N–H and O–H groups in total. The number of nitro groups is 1. The summed E-state index contributed by atoms with van der Waals surface area (Å²) in [6.45, 7) is 3.73. The number of sulfonamides is 1. The van der Waals surface area contributed by atoms with Crippen LogP contribution in [0.4, 0.5) is 5.69 Å². The van der Waals surface area contributed by atoms with Crippen molar-refractivity contribution in [2.45, 2.75) is 10.9 Å². The Balaban J connectivity index is 2.08. The van der Waals surface area contributed by atoms with Gasteiger partial charge < -0.3 is 4.74 Å². The first kappa shape index (κ1) is 21.2. The summed E-state index contributed by atoms with van der Waals surface area (Å²) < 4.78 is 33.2. The minimum absolute atomic E-state index is 0.0978. The average molecular weight is 426 g/mol. The third-order valence-corrected chi connectivity index (χ3v) is 6.00. The van der Waals surface area contributed by atoms with Gasteiger partial charge in [0.1, 0.15) is 0 Å². The first-order valence-electron chi connectivity index (χ1n) is 8.76. The highest BCUT2D eigenvalue weighted by atomic mass is 32.2. The molecule has 9 heteroatoms. The van der Waals surface area contributed by atoms with E-state index in [0.717, 1.165) is 35.0 Å². The Morgan fingerprint density at radius 2 is 1.70 bits per heavy atom. The molecule has 0 aromatic heterocycles. The van der Waals surface area contributed by atoms with Gasteiger partial charge >= 0.3 is 5.97 Å². The largest absolute Gasteiger partial charge is 0.466 e. The van der Waals surface area contributed by atoms with Crippen molar-refractivity contribution in [2.75, 3.05) is 7.11 Å². The van der Waals surface area contributed by atoms with Crippen LogP contribution < -0.4 is 4.72 Å². The molecule has 0 saturated carbocycles. The summed E-state index contributed by atoms with van der Waals surface area (Å²) >= 11 is 0. The maximum absolute atomic E-state index is 13.0. The van der Waals surface area contributed by atoms with Gasteiger partial charge in [0.15, 0.2) is 0 Å². The van der Waals surface area contributed by atoms with Crippen LogP contribution in [0.5, 0.6) is 0 Å². The van der Waals surface area contributed by atoms with Crippen molar-refractivity contribution in [1.29, 1.82) is 0 Å². The molecule has 0 amide bonds. The lowest BCUT2D eigenvalue weighted by Gasteiger charge is -2.22. The highest BCUT2D eigenvalue weighted by molar-refractivity contribution is 7.89. The summed E-state index contributed by atoms with van der Waals surface area (Å²) in [5.74, 6) is -0.765. The van der Waals surface area contributed by atoms with Crippen molar-refractivity contribution in [3.63, 3.8) is 0 Å². The maximum atomic E-state index is 13.0. The minimum atomic E-state index is -4.15. The summed E-state index contributed by atoms with van der Waals surface area (Å²) in [5, 5.41) is 12.4. The van der Waals surface area contributed by atoms with Gasteiger partial charge in [0.2, 0.25) is 10.0 Å². The van der Waals surface area contributed by atoms with Crippen LogP contribution in [0.15, 0.2) is 83.8 Å². The zero-order chi connectivity index (χ0) is 21.9. The quantitative estimate of drug-likeness (QED) is 0.268. The third kappa shape index (κ3) is 4.22. The Morgan fingerprint density at radius 3 is 2.33 bits per heavy atom. The number of benzene rings is 3. The van der Waals surface area contributed by atoms with E-state index in [9.17, 15) is 23.3 Å². The maximum Gasteiger partial charge on any atom is 0.335 e. The lowest BCUT2D eigenvalue weighted by atomic mass is 9.95. The molecule has 3 rings (SSSR count). The van der Waals surface area contributed by atoms with Gasteiger partial charge in [0.05, 0.1) is 28.5 Å². The fraction of sp³-hybridized carbons (Fsp3) is 0.0952. The highest BCUT2D eigenvalue weighted by Gasteiger charge is 2.29. The number of carbonyl (C=O) groups is 1. The molecular formula is C21H18N2O6S. The van der Waals surface area contributed by atoms with E-state index in [1.165, 1.54) is 7.11 Å². The normalized spacial score (nSPS) is 12.3. The molecule has 154 valence electrons. The van der Waals surface area contributed by atoms with Crippen LogP contribution in [-0.4, -0.2) is 26.4 Å². The molecule has 3 aromatic carbocycles. The Bertz CT molecular complexity index is 1230. The van der Waals surface area contributed by atoms with Crippen molar-refractivity contribution < 1.29 is 22.9 Å². The number of hydrogen-bond acceptors (Lipinski definition) is 6. The zero-order valence-electron chi connectivity index (χ0n) is 15.9. The first-order valence-corrected chi connectivity index (χ1v) is 10.2. The van der Waals surface area contributed by atoms with Gasteiger partial charge in [0.25, 0.3) is 5.69 Å². The average Bonchev–Trinajstić information content (AvgIpc) is 2.76. The molecule has 0 radical (unpaired) electrons. The van der Waals surface area contributed by atoms with Gasteiger partial charge in [0, 0.05) is 12.1 Å². The topological polar surface area (TPSA) is 116 Å². The number of rotatable bonds is 7. The van der Waals surface area contributed by atoms with Crippen LogP contribution in [-0.2, 0) is 19.6 Å². The molecule has 0 aliphatic heterocycles. The van der Waals surface area contributed by atoms with Gasteiger partial charge in [-0.15, -0.1) is 0 Å². The molecule has 0 fully saturated rings. The van der Waals surface area contributed by atoms with Crippen LogP contribution in [0.1, 0.15) is 11.6 Å². The van der Waals surface area contributed by atoms with Crippen molar-refractivity contribution in [2.24, 2.45) is 0 Å². The molecular weight excluding hydrogens is 408 g/mol. The molecule has 0 unspecified atom stereocenters. The van der Waals surface area contributed by atoms with Gasteiger partial charge in [-0.25, -0.2) is 13.2 Å². The molecule has 0 heterocycles. The lowest BCUT2D eigenvalue weighted by molar-refractivity contribution is -0.384. The number of nitrogens with one attached hydrogen (secondary N) is 1. The summed E-state index contributed by atoms with van der Waals surface area (Å²) in [6.07, 6.45) is 0. The van der Waals surface area contributed by atoms with E-state index in [0.29, 0.717) is 5.56 Å². The molecule has 1 atom stereocenters. The van der Waals surface area contributed by atoms with Crippen LogP contribution in [0, 0.1) is 10.1 Å². The second-order valence-corrected chi connectivity index (χ2v) is 8.10. The second-order valence-electron chi connectivity index (χ2n) is 6.39. The van der Waals surface area contributed by atoms with Crippen LogP contribution in [0.2, 0.25) is 0 Å². The van der Waals surface area contributed by atoms with Crippen molar-refractivity contribution >= 4 is 32.5 Å². The van der Waals surface area contributed by atoms with Crippen molar-refractivity contribution in [3.05, 3.63) is 94.6 Å². The molecule has 3 aromatic rings. The fourth-order valence-electron chi connectivity index (χ4n) is 3.04. The summed E-state index contributed by atoms with van der Waals surface area (Å²) in [5.41, 5.74) is 0.187. The number of ether oxygens (including phenoxy) is 1. The standard InChI is InChI=1S/C21H18N2O6S/c1-14(21(24)29-2)20(19-9-5-7-15-6-3-4-8-18(15)19)22-30(27,28)17-12-10-16(11-13-17)23(25)26/h3-13,20,22H,1H2,2H3/t20-/m1/s1. The van der Waals surface area contributed by atoms with Crippen LogP contribution in [0.25, 0.3) is 10.8 Å². The first-order chi connectivity index (χ1) is 14.2. The predicted molar refractivity (Wildman–Crippen MR) is 111 cm³/mol. The van der Waals surface area contributed by atoms with Gasteiger partial charge in [-0.05, 0) is 28.5 Å². The number of non-ortho nitro benzene ring substituents is 1. The molecule has 0 spiro atoms. The smallest absolute Gasteiger partial charge is 0.335 e. The number of nitro benzene ring substituents is 1. The summed E-state index contributed by atoms with van der Waals surface area (Å²) in [4.78, 5) is 22.2. The SMILES string of the molecule is C=C(C(=O)OC)[C@@H](NS(=O)(=O)c1ccc([N+](=O)[O-])cc1)c1cccc2ccccc12. The third-order valence-electron chi connectivity index (χ3n) is 4.56. The lowest BCUT2D eigenvalue weighted by Crippen LogP contribution is -2.32. The number of hydrogen-bond donors (Lipinski definition) is 1. The van der Waals surface area contributed by atoms with E-state index in [-0.39, 0.29) is 16.2 Å². The van der Waals surface area contributed by atoms with Crippen LogP contribution >= 0.6 is 0 Å². The van der Waals surface area contributed by atoms with E-state index in [1.54, 1.807) is 18.2 Å².